The first-order valence-corrected chi connectivity index (χ1v) is 5.60. The Hall–Kier alpha value is -0.0800. The lowest BCUT2D eigenvalue weighted by Gasteiger charge is -2.28. The van der Waals surface area contributed by atoms with E-state index in [1.54, 1.807) is 0 Å². The summed E-state index contributed by atoms with van der Waals surface area (Å²) in [5, 5.41) is 0. The highest BCUT2D eigenvalue weighted by Crippen LogP contribution is 2.17. The van der Waals surface area contributed by atoms with Crippen molar-refractivity contribution in [3.8, 4) is 0 Å². The fourth-order valence-corrected chi connectivity index (χ4v) is 1.55. The third kappa shape index (κ3) is 4.10. The second kappa shape index (κ2) is 6.39. The predicted octanol–water partition coefficient (Wildman–Crippen LogP) is 2.97. The summed E-state index contributed by atoms with van der Waals surface area (Å²) >= 11 is 0. The van der Waals surface area contributed by atoms with Gasteiger partial charge in [0.15, 0.2) is 6.29 Å². The Kier molecular flexibility index (Phi) is 5.40. The van der Waals surface area contributed by atoms with E-state index in [2.05, 4.69) is 13.8 Å². The standard InChI is InChI=1S/C11H22O2/c1-3-5-6-7-11-12-8-10(4-2)9-13-11/h10-11H,3-9H2,1-2H3. The van der Waals surface area contributed by atoms with E-state index in [1.807, 2.05) is 0 Å². The minimum absolute atomic E-state index is 0.0920. The average Bonchev–Trinajstić information content (AvgIpc) is 2.19. The fourth-order valence-electron chi connectivity index (χ4n) is 1.55. The van der Waals surface area contributed by atoms with E-state index < -0.39 is 0 Å². The zero-order valence-electron chi connectivity index (χ0n) is 8.92. The molecule has 1 aliphatic heterocycles. The van der Waals surface area contributed by atoms with Crippen LogP contribution in [-0.4, -0.2) is 19.5 Å². The molecule has 2 nitrogen and oxygen atoms in total. The first-order chi connectivity index (χ1) is 6.36. The highest BCUT2D eigenvalue weighted by molar-refractivity contribution is 4.61. The molecule has 0 aromatic heterocycles. The van der Waals surface area contributed by atoms with Crippen LogP contribution in [0.4, 0.5) is 0 Å². The predicted molar refractivity (Wildman–Crippen MR) is 53.6 cm³/mol. The van der Waals surface area contributed by atoms with Gasteiger partial charge >= 0.3 is 0 Å². The van der Waals surface area contributed by atoms with Gasteiger partial charge in [-0.15, -0.1) is 0 Å². The second-order valence-corrected chi connectivity index (χ2v) is 3.87. The lowest BCUT2D eigenvalue weighted by Crippen LogP contribution is -2.31. The van der Waals surface area contributed by atoms with Crippen molar-refractivity contribution in [2.45, 2.75) is 52.2 Å². The SMILES string of the molecule is CCCCCC1OCC(CC)CO1. The van der Waals surface area contributed by atoms with Crippen LogP contribution in [0, 0.1) is 5.92 Å². The molecule has 0 saturated carbocycles. The van der Waals surface area contributed by atoms with Gasteiger partial charge in [0.2, 0.25) is 0 Å². The highest BCUT2D eigenvalue weighted by Gasteiger charge is 2.19. The van der Waals surface area contributed by atoms with E-state index in [0.717, 1.165) is 19.6 Å². The van der Waals surface area contributed by atoms with Crippen molar-refractivity contribution in [2.75, 3.05) is 13.2 Å². The molecule has 13 heavy (non-hydrogen) atoms. The van der Waals surface area contributed by atoms with E-state index in [0.29, 0.717) is 5.92 Å². The molecule has 78 valence electrons. The van der Waals surface area contributed by atoms with E-state index in [-0.39, 0.29) is 6.29 Å². The van der Waals surface area contributed by atoms with Crippen LogP contribution in [0.25, 0.3) is 0 Å². The molecule has 0 aromatic carbocycles. The number of unbranched alkanes of at least 4 members (excludes halogenated alkanes) is 2. The molecule has 2 heteroatoms. The van der Waals surface area contributed by atoms with Crippen LogP contribution in [0.15, 0.2) is 0 Å². The molecule has 0 spiro atoms. The summed E-state index contributed by atoms with van der Waals surface area (Å²) in [5.74, 6) is 0.627. The van der Waals surface area contributed by atoms with Crippen LogP contribution in [0.5, 0.6) is 0 Å². The maximum atomic E-state index is 5.61. The Morgan fingerprint density at radius 2 is 1.77 bits per heavy atom. The summed E-state index contributed by atoms with van der Waals surface area (Å²) < 4.78 is 11.2. The van der Waals surface area contributed by atoms with E-state index in [1.165, 1.54) is 25.7 Å². The molecule has 0 amide bonds. The molecule has 0 bridgehead atoms. The van der Waals surface area contributed by atoms with Gasteiger partial charge < -0.3 is 9.47 Å². The van der Waals surface area contributed by atoms with E-state index in [4.69, 9.17) is 9.47 Å². The summed E-state index contributed by atoms with van der Waals surface area (Å²) in [6, 6.07) is 0. The molecule has 0 radical (unpaired) electrons. The summed E-state index contributed by atoms with van der Waals surface area (Å²) in [4.78, 5) is 0. The normalized spacial score (nSPS) is 29.1. The van der Waals surface area contributed by atoms with Gasteiger partial charge in [0.1, 0.15) is 0 Å². The van der Waals surface area contributed by atoms with Crippen LogP contribution in [0.1, 0.15) is 46.0 Å². The molecule has 0 aromatic rings. The van der Waals surface area contributed by atoms with Crippen molar-refractivity contribution in [1.82, 2.24) is 0 Å². The fraction of sp³-hybridized carbons (Fsp3) is 1.00. The minimum atomic E-state index is 0.0920. The number of hydrogen-bond donors (Lipinski definition) is 0. The van der Waals surface area contributed by atoms with Crippen molar-refractivity contribution in [1.29, 1.82) is 0 Å². The van der Waals surface area contributed by atoms with Crippen LogP contribution >= 0.6 is 0 Å². The molecular formula is C11H22O2. The van der Waals surface area contributed by atoms with Crippen molar-refractivity contribution in [3.05, 3.63) is 0 Å². The third-order valence-corrected chi connectivity index (χ3v) is 2.66. The van der Waals surface area contributed by atoms with Crippen molar-refractivity contribution in [2.24, 2.45) is 5.92 Å². The summed E-state index contributed by atoms with van der Waals surface area (Å²) in [6.45, 7) is 6.20. The Labute approximate surface area is 81.6 Å². The molecule has 1 heterocycles. The van der Waals surface area contributed by atoms with Gasteiger partial charge in [-0.1, -0.05) is 26.7 Å². The Balaban J connectivity index is 2.03. The summed E-state index contributed by atoms with van der Waals surface area (Å²) in [7, 11) is 0. The maximum absolute atomic E-state index is 5.61. The quantitative estimate of drug-likeness (QED) is 0.614. The Morgan fingerprint density at radius 1 is 1.08 bits per heavy atom. The molecular weight excluding hydrogens is 164 g/mol. The Morgan fingerprint density at radius 3 is 2.31 bits per heavy atom. The lowest BCUT2D eigenvalue weighted by molar-refractivity contribution is -0.203. The van der Waals surface area contributed by atoms with Crippen LogP contribution in [-0.2, 0) is 9.47 Å². The number of rotatable bonds is 5. The van der Waals surface area contributed by atoms with Crippen molar-refractivity contribution in [3.63, 3.8) is 0 Å². The van der Waals surface area contributed by atoms with E-state index in [9.17, 15) is 0 Å². The minimum Gasteiger partial charge on any atom is -0.352 e. The number of ether oxygens (including phenoxy) is 2. The monoisotopic (exact) mass is 186 g/mol. The molecule has 0 unspecified atom stereocenters. The average molecular weight is 186 g/mol. The van der Waals surface area contributed by atoms with Crippen molar-refractivity contribution < 1.29 is 9.47 Å². The van der Waals surface area contributed by atoms with Crippen LogP contribution in [0.2, 0.25) is 0 Å². The summed E-state index contributed by atoms with van der Waals surface area (Å²) in [6.07, 6.45) is 6.13. The third-order valence-electron chi connectivity index (χ3n) is 2.66. The van der Waals surface area contributed by atoms with Crippen LogP contribution < -0.4 is 0 Å². The zero-order chi connectivity index (χ0) is 9.52. The van der Waals surface area contributed by atoms with Crippen LogP contribution in [0.3, 0.4) is 0 Å². The molecule has 1 aliphatic rings. The van der Waals surface area contributed by atoms with Gasteiger partial charge in [0, 0.05) is 5.92 Å². The Bertz CT molecular complexity index is 115. The van der Waals surface area contributed by atoms with Gasteiger partial charge in [-0.25, -0.2) is 0 Å². The van der Waals surface area contributed by atoms with Crippen molar-refractivity contribution >= 4 is 0 Å². The topological polar surface area (TPSA) is 18.5 Å². The lowest BCUT2D eigenvalue weighted by atomic mass is 10.1. The second-order valence-electron chi connectivity index (χ2n) is 3.87. The molecule has 1 rings (SSSR count). The summed E-state index contributed by atoms with van der Waals surface area (Å²) in [5.41, 5.74) is 0. The van der Waals surface area contributed by atoms with Gasteiger partial charge in [0.25, 0.3) is 0 Å². The zero-order valence-corrected chi connectivity index (χ0v) is 8.92. The largest absolute Gasteiger partial charge is 0.352 e. The highest BCUT2D eigenvalue weighted by atomic mass is 16.7. The van der Waals surface area contributed by atoms with Gasteiger partial charge in [-0.05, 0) is 19.3 Å². The maximum Gasteiger partial charge on any atom is 0.157 e. The molecule has 0 atom stereocenters. The van der Waals surface area contributed by atoms with Gasteiger partial charge in [-0.3, -0.25) is 0 Å². The molecule has 0 aliphatic carbocycles. The molecule has 0 N–H and O–H groups in total. The molecule has 1 fully saturated rings. The first kappa shape index (κ1) is 11.0. The van der Waals surface area contributed by atoms with Gasteiger partial charge in [0.05, 0.1) is 13.2 Å². The van der Waals surface area contributed by atoms with E-state index >= 15 is 0 Å². The molecule has 1 saturated heterocycles. The van der Waals surface area contributed by atoms with Gasteiger partial charge in [-0.2, -0.15) is 0 Å². The number of hydrogen-bond acceptors (Lipinski definition) is 2. The first-order valence-electron chi connectivity index (χ1n) is 5.60. The smallest absolute Gasteiger partial charge is 0.157 e.